The van der Waals surface area contributed by atoms with E-state index in [1.165, 1.54) is 0 Å². The number of hydrogen-bond acceptors (Lipinski definition) is 3. The third-order valence-corrected chi connectivity index (χ3v) is 3.73. The van der Waals surface area contributed by atoms with Gasteiger partial charge in [0.15, 0.2) is 0 Å². The van der Waals surface area contributed by atoms with Crippen LogP contribution in [0.2, 0.25) is 5.15 Å². The van der Waals surface area contributed by atoms with Gasteiger partial charge in [-0.2, -0.15) is 0 Å². The lowest BCUT2D eigenvalue weighted by molar-refractivity contribution is 0.0463. The summed E-state index contributed by atoms with van der Waals surface area (Å²) in [6.07, 6.45) is 1.90. The Morgan fingerprint density at radius 2 is 2.37 bits per heavy atom. The normalized spacial score (nSPS) is 23.3. The lowest BCUT2D eigenvalue weighted by Crippen LogP contribution is -2.47. The minimum absolute atomic E-state index is 0.210. The smallest absolute Gasteiger partial charge is 0.321 e. The summed E-state index contributed by atoms with van der Waals surface area (Å²) in [7, 11) is 0. The van der Waals surface area contributed by atoms with Crippen molar-refractivity contribution in [2.24, 2.45) is 5.92 Å². The molecular formula is C13H18ClN3O2. The van der Waals surface area contributed by atoms with Gasteiger partial charge in [0, 0.05) is 13.1 Å². The van der Waals surface area contributed by atoms with Gasteiger partial charge in [-0.3, -0.25) is 0 Å². The number of rotatable bonds is 1. The number of nitrogens with one attached hydrogen (secondary N) is 1. The molecule has 2 heterocycles. The second-order valence-electron chi connectivity index (χ2n) is 5.03. The molecule has 0 radical (unpaired) electrons. The molecule has 1 saturated heterocycles. The second-order valence-corrected chi connectivity index (χ2v) is 5.42. The van der Waals surface area contributed by atoms with E-state index in [0.717, 1.165) is 12.0 Å². The summed E-state index contributed by atoms with van der Waals surface area (Å²) in [5.41, 5.74) is 1.50. The van der Waals surface area contributed by atoms with Crippen LogP contribution in [-0.2, 0) is 0 Å². The van der Waals surface area contributed by atoms with Crippen LogP contribution in [0, 0.1) is 12.8 Å². The molecule has 1 aliphatic heterocycles. The van der Waals surface area contributed by atoms with E-state index in [2.05, 4.69) is 10.3 Å². The summed E-state index contributed by atoms with van der Waals surface area (Å²) in [5, 5.41) is 13.0. The first-order valence-corrected chi connectivity index (χ1v) is 6.71. The van der Waals surface area contributed by atoms with Gasteiger partial charge in [0.1, 0.15) is 5.15 Å². The molecule has 2 N–H and O–H groups in total. The van der Waals surface area contributed by atoms with Gasteiger partial charge in [-0.25, -0.2) is 9.78 Å². The first-order valence-electron chi connectivity index (χ1n) is 6.33. The Morgan fingerprint density at radius 3 is 3.00 bits per heavy atom. The number of likely N-dealkylation sites (tertiary alicyclic amines) is 1. The summed E-state index contributed by atoms with van der Waals surface area (Å²) in [6.45, 7) is 4.88. The molecule has 2 atom stereocenters. The van der Waals surface area contributed by atoms with E-state index in [1.54, 1.807) is 17.2 Å². The summed E-state index contributed by atoms with van der Waals surface area (Å²) in [5.74, 6) is 0.239. The Bertz CT molecular complexity index is 481. The maximum Gasteiger partial charge on any atom is 0.321 e. The highest BCUT2D eigenvalue weighted by molar-refractivity contribution is 6.29. The van der Waals surface area contributed by atoms with Crippen LogP contribution in [0.4, 0.5) is 10.5 Å². The van der Waals surface area contributed by atoms with E-state index >= 15 is 0 Å². The molecule has 104 valence electrons. The molecule has 19 heavy (non-hydrogen) atoms. The van der Waals surface area contributed by atoms with E-state index in [0.29, 0.717) is 23.9 Å². The molecule has 0 spiro atoms. The zero-order valence-electron chi connectivity index (χ0n) is 11.1. The number of amides is 2. The van der Waals surface area contributed by atoms with E-state index in [-0.39, 0.29) is 11.9 Å². The number of β-amino-alcohol motifs (C(OH)–C–C–N with tert-alkyl or cyclic N) is 1. The number of aryl methyl sites for hydroxylation is 1. The number of urea groups is 1. The number of aromatic nitrogens is 1. The molecule has 0 saturated carbocycles. The number of halogens is 1. The first kappa shape index (κ1) is 14.1. The number of pyridine rings is 1. The summed E-state index contributed by atoms with van der Waals surface area (Å²) in [4.78, 5) is 17.7. The standard InChI is InChI=1S/C13H18ClN3O2/c1-8-3-4-17(7-11(8)18)13(19)16-10-6-15-12(14)5-9(10)2/h5-6,8,11,18H,3-4,7H2,1-2H3,(H,16,19). The lowest BCUT2D eigenvalue weighted by Gasteiger charge is -2.34. The van der Waals surface area contributed by atoms with Gasteiger partial charge in [-0.1, -0.05) is 18.5 Å². The van der Waals surface area contributed by atoms with Gasteiger partial charge < -0.3 is 15.3 Å². The lowest BCUT2D eigenvalue weighted by atomic mass is 9.96. The zero-order valence-corrected chi connectivity index (χ0v) is 11.8. The Hall–Kier alpha value is -1.33. The second kappa shape index (κ2) is 5.75. The van der Waals surface area contributed by atoms with Crippen molar-refractivity contribution in [3.05, 3.63) is 23.0 Å². The number of hydrogen-bond donors (Lipinski definition) is 2. The minimum Gasteiger partial charge on any atom is -0.391 e. The van der Waals surface area contributed by atoms with Gasteiger partial charge >= 0.3 is 6.03 Å². The Kier molecular flexibility index (Phi) is 4.27. The van der Waals surface area contributed by atoms with Gasteiger partial charge in [0.05, 0.1) is 18.0 Å². The fourth-order valence-corrected chi connectivity index (χ4v) is 2.29. The van der Waals surface area contributed by atoms with Crippen molar-refractivity contribution in [1.82, 2.24) is 9.88 Å². The zero-order chi connectivity index (χ0) is 14.0. The van der Waals surface area contributed by atoms with Crippen LogP contribution < -0.4 is 5.32 Å². The number of anilines is 1. The molecule has 2 unspecified atom stereocenters. The Balaban J connectivity index is 2.01. The molecule has 1 aliphatic rings. The predicted molar refractivity (Wildman–Crippen MR) is 74.4 cm³/mol. The molecule has 5 nitrogen and oxygen atoms in total. The van der Waals surface area contributed by atoms with Crippen LogP contribution in [0.15, 0.2) is 12.3 Å². The minimum atomic E-state index is -0.455. The largest absolute Gasteiger partial charge is 0.391 e. The number of carbonyl (C=O) groups is 1. The van der Waals surface area contributed by atoms with Crippen molar-refractivity contribution in [3.63, 3.8) is 0 Å². The van der Waals surface area contributed by atoms with Crippen molar-refractivity contribution >= 4 is 23.3 Å². The SMILES string of the molecule is Cc1cc(Cl)ncc1NC(=O)N1CCC(C)C(O)C1. The highest BCUT2D eigenvalue weighted by atomic mass is 35.5. The Labute approximate surface area is 117 Å². The molecule has 1 fully saturated rings. The molecule has 6 heteroatoms. The van der Waals surface area contributed by atoms with E-state index in [1.807, 2.05) is 13.8 Å². The first-order chi connectivity index (χ1) is 8.97. The molecule has 2 rings (SSSR count). The topological polar surface area (TPSA) is 65.5 Å². The summed E-state index contributed by atoms with van der Waals surface area (Å²) in [6, 6.07) is 1.49. The van der Waals surface area contributed by atoms with Crippen LogP contribution in [0.3, 0.4) is 0 Å². The van der Waals surface area contributed by atoms with Gasteiger partial charge in [-0.05, 0) is 30.9 Å². The number of carbonyl (C=O) groups excluding carboxylic acids is 1. The number of piperidine rings is 1. The van der Waals surface area contributed by atoms with Crippen molar-refractivity contribution in [2.45, 2.75) is 26.4 Å². The van der Waals surface area contributed by atoms with Gasteiger partial charge in [0.2, 0.25) is 0 Å². The summed E-state index contributed by atoms with van der Waals surface area (Å²) >= 11 is 5.77. The molecule has 2 amide bonds. The molecule has 0 aliphatic carbocycles. The fraction of sp³-hybridized carbons (Fsp3) is 0.538. The predicted octanol–water partition coefficient (Wildman–Crippen LogP) is 2.28. The van der Waals surface area contributed by atoms with E-state index < -0.39 is 6.10 Å². The van der Waals surface area contributed by atoms with E-state index in [4.69, 9.17) is 11.6 Å². The highest BCUT2D eigenvalue weighted by Crippen LogP contribution is 2.20. The van der Waals surface area contributed by atoms with Crippen LogP contribution in [0.25, 0.3) is 0 Å². The van der Waals surface area contributed by atoms with E-state index in [9.17, 15) is 9.90 Å². The van der Waals surface area contributed by atoms with Crippen LogP contribution in [0.5, 0.6) is 0 Å². The van der Waals surface area contributed by atoms with Crippen molar-refractivity contribution in [2.75, 3.05) is 18.4 Å². The monoisotopic (exact) mass is 283 g/mol. The third-order valence-electron chi connectivity index (χ3n) is 3.52. The van der Waals surface area contributed by atoms with Gasteiger partial charge in [-0.15, -0.1) is 0 Å². The maximum absolute atomic E-state index is 12.1. The van der Waals surface area contributed by atoms with Crippen LogP contribution in [0.1, 0.15) is 18.9 Å². The third kappa shape index (κ3) is 3.36. The summed E-state index contributed by atoms with van der Waals surface area (Å²) < 4.78 is 0. The van der Waals surface area contributed by atoms with Crippen LogP contribution >= 0.6 is 11.6 Å². The average Bonchev–Trinajstić information content (AvgIpc) is 2.36. The number of aliphatic hydroxyl groups is 1. The number of nitrogens with zero attached hydrogens (tertiary/aromatic N) is 2. The Morgan fingerprint density at radius 1 is 1.63 bits per heavy atom. The molecular weight excluding hydrogens is 266 g/mol. The van der Waals surface area contributed by atoms with Gasteiger partial charge in [0.25, 0.3) is 0 Å². The van der Waals surface area contributed by atoms with Crippen molar-refractivity contribution in [1.29, 1.82) is 0 Å². The number of aliphatic hydroxyl groups excluding tert-OH is 1. The van der Waals surface area contributed by atoms with Crippen LogP contribution in [-0.4, -0.2) is 40.2 Å². The maximum atomic E-state index is 12.1. The molecule has 1 aromatic heterocycles. The van der Waals surface area contributed by atoms with Crippen molar-refractivity contribution < 1.29 is 9.90 Å². The van der Waals surface area contributed by atoms with Crippen molar-refractivity contribution in [3.8, 4) is 0 Å². The highest BCUT2D eigenvalue weighted by Gasteiger charge is 2.27. The fourth-order valence-electron chi connectivity index (χ4n) is 2.08. The molecule has 1 aromatic rings. The quantitative estimate of drug-likeness (QED) is 0.777. The molecule has 0 bridgehead atoms. The average molecular weight is 284 g/mol. The molecule has 0 aromatic carbocycles.